The van der Waals surface area contributed by atoms with Crippen LogP contribution in [-0.4, -0.2) is 5.60 Å². The van der Waals surface area contributed by atoms with E-state index in [1.807, 2.05) is 0 Å². The van der Waals surface area contributed by atoms with Crippen LogP contribution < -0.4 is 4.74 Å². The van der Waals surface area contributed by atoms with Crippen molar-refractivity contribution in [3.63, 3.8) is 0 Å². The lowest BCUT2D eigenvalue weighted by atomic mass is 9.81. The van der Waals surface area contributed by atoms with Gasteiger partial charge in [-0.2, -0.15) is 13.2 Å². The Morgan fingerprint density at radius 3 is 2.40 bits per heavy atom. The van der Waals surface area contributed by atoms with Crippen molar-refractivity contribution in [1.29, 1.82) is 0 Å². The summed E-state index contributed by atoms with van der Waals surface area (Å²) in [5, 5.41) is 0.808. The molecule has 0 atom stereocenters. The standard InChI is InChI=1S/C21H25F3O/c1-2-3-13-20(14-7-4-8-15-20)25-18-12-11-16-9-5-6-10-17(16)19(18)21(22,23)24/h5-6,9-12H,2-4,7-8,13-15H2,1H3. The minimum atomic E-state index is -4.43. The molecule has 0 heterocycles. The number of hydrogen-bond donors (Lipinski definition) is 0. The summed E-state index contributed by atoms with van der Waals surface area (Å²) in [5.41, 5.74) is -1.08. The lowest BCUT2D eigenvalue weighted by Gasteiger charge is -2.38. The van der Waals surface area contributed by atoms with Gasteiger partial charge in [0, 0.05) is 0 Å². The molecule has 0 amide bonds. The van der Waals surface area contributed by atoms with Crippen LogP contribution in [0.2, 0.25) is 0 Å². The van der Waals surface area contributed by atoms with Crippen LogP contribution in [0.3, 0.4) is 0 Å². The first-order valence-corrected chi connectivity index (χ1v) is 9.23. The molecule has 2 aromatic carbocycles. The zero-order valence-corrected chi connectivity index (χ0v) is 14.7. The first kappa shape index (κ1) is 18.1. The van der Waals surface area contributed by atoms with Gasteiger partial charge >= 0.3 is 6.18 Å². The zero-order chi connectivity index (χ0) is 17.9. The van der Waals surface area contributed by atoms with Crippen molar-refractivity contribution in [3.05, 3.63) is 42.0 Å². The summed E-state index contributed by atoms with van der Waals surface area (Å²) < 4.78 is 47.7. The first-order chi connectivity index (χ1) is 12.0. The molecule has 0 aromatic heterocycles. The molecular formula is C21H25F3O. The molecule has 2 aromatic rings. The van der Waals surface area contributed by atoms with E-state index >= 15 is 0 Å². The summed E-state index contributed by atoms with van der Waals surface area (Å²) in [4.78, 5) is 0. The van der Waals surface area contributed by atoms with E-state index in [0.29, 0.717) is 5.39 Å². The summed E-state index contributed by atoms with van der Waals surface area (Å²) in [5.74, 6) is -0.01000. The molecule has 0 spiro atoms. The summed E-state index contributed by atoms with van der Waals surface area (Å²) in [6.45, 7) is 2.10. The molecule has 3 rings (SSSR count). The lowest BCUT2D eigenvalue weighted by molar-refractivity contribution is -0.139. The molecule has 1 saturated carbocycles. The van der Waals surface area contributed by atoms with Gasteiger partial charge in [0.05, 0.1) is 0 Å². The van der Waals surface area contributed by atoms with E-state index in [4.69, 9.17) is 4.74 Å². The SMILES string of the molecule is CCCCC1(Oc2ccc3ccccc3c2C(F)(F)F)CCCCC1. The number of fused-ring (bicyclic) bond motifs is 1. The minimum Gasteiger partial charge on any atom is -0.487 e. The summed E-state index contributed by atoms with van der Waals surface area (Å²) in [6.07, 6.45) is 3.28. The topological polar surface area (TPSA) is 9.23 Å². The number of unbranched alkanes of at least 4 members (excludes halogenated alkanes) is 1. The van der Waals surface area contributed by atoms with Crippen LogP contribution in [-0.2, 0) is 6.18 Å². The third-order valence-corrected chi connectivity index (χ3v) is 5.25. The Kier molecular flexibility index (Phi) is 5.26. The molecule has 1 aliphatic carbocycles. The molecule has 0 unspecified atom stereocenters. The molecule has 1 fully saturated rings. The van der Waals surface area contributed by atoms with Crippen molar-refractivity contribution in [1.82, 2.24) is 0 Å². The molecule has 0 saturated heterocycles. The van der Waals surface area contributed by atoms with Gasteiger partial charge in [-0.3, -0.25) is 0 Å². The van der Waals surface area contributed by atoms with Gasteiger partial charge in [0.15, 0.2) is 0 Å². The third kappa shape index (κ3) is 3.94. The maximum atomic E-state index is 13.8. The Morgan fingerprint density at radius 2 is 1.72 bits per heavy atom. The average molecular weight is 350 g/mol. The van der Waals surface area contributed by atoms with Crippen LogP contribution >= 0.6 is 0 Å². The Morgan fingerprint density at radius 1 is 1.00 bits per heavy atom. The number of halogens is 3. The Bertz CT molecular complexity index is 715. The number of hydrogen-bond acceptors (Lipinski definition) is 1. The van der Waals surface area contributed by atoms with E-state index in [2.05, 4.69) is 6.92 Å². The normalized spacial score (nSPS) is 17.6. The fraction of sp³-hybridized carbons (Fsp3) is 0.524. The highest BCUT2D eigenvalue weighted by atomic mass is 19.4. The van der Waals surface area contributed by atoms with Crippen molar-refractivity contribution in [2.45, 2.75) is 70.1 Å². The van der Waals surface area contributed by atoms with Crippen molar-refractivity contribution in [2.24, 2.45) is 0 Å². The van der Waals surface area contributed by atoms with E-state index in [1.165, 1.54) is 12.1 Å². The fourth-order valence-corrected chi connectivity index (χ4v) is 3.96. The highest BCUT2D eigenvalue weighted by Crippen LogP contribution is 2.45. The Balaban J connectivity index is 2.04. The van der Waals surface area contributed by atoms with Crippen LogP contribution in [0.5, 0.6) is 5.75 Å². The molecule has 0 aliphatic heterocycles. The lowest BCUT2D eigenvalue weighted by Crippen LogP contribution is -2.38. The molecule has 0 N–H and O–H groups in total. The molecule has 0 bridgehead atoms. The number of rotatable bonds is 5. The van der Waals surface area contributed by atoms with Gasteiger partial charge in [-0.25, -0.2) is 0 Å². The summed E-state index contributed by atoms with van der Waals surface area (Å²) >= 11 is 0. The van der Waals surface area contributed by atoms with E-state index in [0.717, 1.165) is 51.4 Å². The highest BCUT2D eigenvalue weighted by Gasteiger charge is 2.40. The van der Waals surface area contributed by atoms with Crippen molar-refractivity contribution in [3.8, 4) is 5.75 Å². The van der Waals surface area contributed by atoms with E-state index in [1.54, 1.807) is 24.3 Å². The monoisotopic (exact) mass is 350 g/mol. The van der Waals surface area contributed by atoms with E-state index in [9.17, 15) is 13.2 Å². The average Bonchev–Trinajstić information content (AvgIpc) is 2.59. The quantitative estimate of drug-likeness (QED) is 0.557. The Labute approximate surface area is 147 Å². The molecule has 1 aliphatic rings. The van der Waals surface area contributed by atoms with Crippen LogP contribution in [0.4, 0.5) is 13.2 Å². The van der Waals surface area contributed by atoms with Gasteiger partial charge < -0.3 is 4.74 Å². The zero-order valence-electron chi connectivity index (χ0n) is 14.7. The van der Waals surface area contributed by atoms with Gasteiger partial charge in [-0.1, -0.05) is 50.1 Å². The molecule has 25 heavy (non-hydrogen) atoms. The van der Waals surface area contributed by atoms with E-state index < -0.39 is 17.3 Å². The maximum absolute atomic E-state index is 13.8. The highest BCUT2D eigenvalue weighted by molar-refractivity contribution is 5.88. The van der Waals surface area contributed by atoms with Gasteiger partial charge in [0.1, 0.15) is 16.9 Å². The summed E-state index contributed by atoms with van der Waals surface area (Å²) in [6, 6.07) is 9.89. The second-order valence-corrected chi connectivity index (χ2v) is 7.11. The number of alkyl halides is 3. The smallest absolute Gasteiger partial charge is 0.420 e. The van der Waals surface area contributed by atoms with Crippen molar-refractivity contribution >= 4 is 10.8 Å². The number of benzene rings is 2. The van der Waals surface area contributed by atoms with Gasteiger partial charge in [0.25, 0.3) is 0 Å². The van der Waals surface area contributed by atoms with Crippen LogP contribution in [0.1, 0.15) is 63.9 Å². The fourth-order valence-electron chi connectivity index (χ4n) is 3.96. The largest absolute Gasteiger partial charge is 0.487 e. The molecule has 136 valence electrons. The predicted molar refractivity (Wildman–Crippen MR) is 94.9 cm³/mol. The Hall–Kier alpha value is -1.71. The van der Waals surface area contributed by atoms with Crippen molar-refractivity contribution < 1.29 is 17.9 Å². The summed E-state index contributed by atoms with van der Waals surface area (Å²) in [7, 11) is 0. The second kappa shape index (κ2) is 7.27. The van der Waals surface area contributed by atoms with Gasteiger partial charge in [-0.15, -0.1) is 0 Å². The van der Waals surface area contributed by atoms with Gasteiger partial charge in [0.2, 0.25) is 0 Å². The van der Waals surface area contributed by atoms with Crippen LogP contribution in [0.25, 0.3) is 10.8 Å². The molecule has 1 nitrogen and oxygen atoms in total. The van der Waals surface area contributed by atoms with Crippen LogP contribution in [0.15, 0.2) is 36.4 Å². The molecular weight excluding hydrogens is 325 g/mol. The molecule has 0 radical (unpaired) electrons. The molecule has 4 heteroatoms. The minimum absolute atomic E-state index is 0.01000. The third-order valence-electron chi connectivity index (χ3n) is 5.25. The first-order valence-electron chi connectivity index (χ1n) is 9.23. The van der Waals surface area contributed by atoms with Crippen molar-refractivity contribution in [2.75, 3.05) is 0 Å². The van der Waals surface area contributed by atoms with Gasteiger partial charge in [-0.05, 0) is 55.4 Å². The maximum Gasteiger partial charge on any atom is 0.420 e. The second-order valence-electron chi connectivity index (χ2n) is 7.11. The number of ether oxygens (including phenoxy) is 1. The van der Waals surface area contributed by atoms with Crippen LogP contribution in [0, 0.1) is 0 Å². The predicted octanol–water partition coefficient (Wildman–Crippen LogP) is 7.13. The van der Waals surface area contributed by atoms with E-state index in [-0.39, 0.29) is 11.1 Å².